The van der Waals surface area contributed by atoms with Crippen molar-refractivity contribution >= 4 is 17.6 Å². The zero-order chi connectivity index (χ0) is 20.7. The Labute approximate surface area is 160 Å². The molecule has 0 aliphatic heterocycles. The van der Waals surface area contributed by atoms with Gasteiger partial charge in [0.1, 0.15) is 11.9 Å². The SMILES string of the molecule is COC(=O)[C@@H](Cc1ccc(OC)c([N+](=O)[O-])c1)NC(=O)Cc1ccc(F)cc1. The highest BCUT2D eigenvalue weighted by molar-refractivity contribution is 5.85. The van der Waals surface area contributed by atoms with E-state index in [2.05, 4.69) is 5.32 Å². The van der Waals surface area contributed by atoms with Crippen LogP contribution in [0.5, 0.6) is 5.75 Å². The van der Waals surface area contributed by atoms with Crippen LogP contribution < -0.4 is 10.1 Å². The molecule has 0 spiro atoms. The van der Waals surface area contributed by atoms with Gasteiger partial charge >= 0.3 is 11.7 Å². The standard InChI is InChI=1S/C19H19FN2O6/c1-27-17-8-5-13(10-16(17)22(25)26)9-15(19(24)28-2)21-18(23)11-12-3-6-14(20)7-4-12/h3-8,10,15H,9,11H2,1-2H3,(H,21,23)/t15-/m1/s1. The number of amides is 1. The van der Waals surface area contributed by atoms with Crippen molar-refractivity contribution in [3.8, 4) is 5.75 Å². The van der Waals surface area contributed by atoms with Gasteiger partial charge in [-0.25, -0.2) is 9.18 Å². The van der Waals surface area contributed by atoms with Crippen LogP contribution in [0, 0.1) is 15.9 Å². The molecule has 2 aromatic carbocycles. The normalized spacial score (nSPS) is 11.4. The Hall–Kier alpha value is -3.49. The van der Waals surface area contributed by atoms with E-state index < -0.39 is 28.7 Å². The van der Waals surface area contributed by atoms with Crippen LogP contribution in [-0.2, 0) is 27.2 Å². The molecule has 0 saturated heterocycles. The van der Waals surface area contributed by atoms with Crippen molar-refractivity contribution < 1.29 is 28.4 Å². The number of nitro groups is 1. The van der Waals surface area contributed by atoms with Gasteiger partial charge in [-0.05, 0) is 29.3 Å². The van der Waals surface area contributed by atoms with Crippen molar-refractivity contribution in [3.05, 3.63) is 69.5 Å². The first-order valence-electron chi connectivity index (χ1n) is 8.27. The summed E-state index contributed by atoms with van der Waals surface area (Å²) in [6.45, 7) is 0. The molecule has 0 unspecified atom stereocenters. The molecule has 0 aromatic heterocycles. The molecular weight excluding hydrogens is 371 g/mol. The van der Waals surface area contributed by atoms with E-state index in [1.807, 2.05) is 0 Å². The molecule has 2 rings (SSSR count). The van der Waals surface area contributed by atoms with Gasteiger partial charge in [0.15, 0.2) is 5.75 Å². The van der Waals surface area contributed by atoms with Gasteiger partial charge in [-0.3, -0.25) is 14.9 Å². The minimum atomic E-state index is -1.04. The van der Waals surface area contributed by atoms with E-state index in [1.165, 1.54) is 50.6 Å². The van der Waals surface area contributed by atoms with E-state index in [4.69, 9.17) is 9.47 Å². The van der Waals surface area contributed by atoms with Crippen LogP contribution in [0.15, 0.2) is 42.5 Å². The number of nitro benzene ring substituents is 1. The number of halogens is 1. The number of nitrogens with zero attached hydrogens (tertiary/aromatic N) is 1. The lowest BCUT2D eigenvalue weighted by atomic mass is 10.0. The first kappa shape index (κ1) is 20.8. The van der Waals surface area contributed by atoms with E-state index in [-0.39, 0.29) is 24.3 Å². The molecule has 0 heterocycles. The summed E-state index contributed by atoms with van der Waals surface area (Å²) in [5, 5.41) is 13.7. The molecule has 1 amide bonds. The molecule has 1 atom stereocenters. The predicted molar refractivity (Wildman–Crippen MR) is 97.4 cm³/mol. The lowest BCUT2D eigenvalue weighted by Crippen LogP contribution is -2.43. The van der Waals surface area contributed by atoms with Crippen molar-refractivity contribution in [3.63, 3.8) is 0 Å². The maximum absolute atomic E-state index is 13.0. The van der Waals surface area contributed by atoms with Crippen LogP contribution in [-0.4, -0.2) is 37.1 Å². The molecule has 1 N–H and O–H groups in total. The van der Waals surface area contributed by atoms with Gasteiger partial charge in [0.25, 0.3) is 0 Å². The molecule has 0 saturated carbocycles. The van der Waals surface area contributed by atoms with E-state index in [1.54, 1.807) is 6.07 Å². The van der Waals surface area contributed by atoms with Crippen LogP contribution in [0.3, 0.4) is 0 Å². The van der Waals surface area contributed by atoms with Gasteiger partial charge in [-0.2, -0.15) is 0 Å². The van der Waals surface area contributed by atoms with Crippen LogP contribution >= 0.6 is 0 Å². The van der Waals surface area contributed by atoms with Gasteiger partial charge in [0.2, 0.25) is 5.91 Å². The van der Waals surface area contributed by atoms with Crippen molar-refractivity contribution in [2.24, 2.45) is 0 Å². The van der Waals surface area contributed by atoms with Crippen LogP contribution in [0.1, 0.15) is 11.1 Å². The van der Waals surface area contributed by atoms with Crippen molar-refractivity contribution in [1.29, 1.82) is 0 Å². The highest BCUT2D eigenvalue weighted by Gasteiger charge is 2.24. The average molecular weight is 390 g/mol. The smallest absolute Gasteiger partial charge is 0.328 e. The lowest BCUT2D eigenvalue weighted by Gasteiger charge is -2.17. The number of carbonyl (C=O) groups excluding carboxylic acids is 2. The summed E-state index contributed by atoms with van der Waals surface area (Å²) in [4.78, 5) is 34.9. The number of hydrogen-bond acceptors (Lipinski definition) is 6. The molecule has 0 bridgehead atoms. The van der Waals surface area contributed by atoms with Crippen molar-refractivity contribution in [1.82, 2.24) is 5.32 Å². The van der Waals surface area contributed by atoms with E-state index in [0.717, 1.165) is 0 Å². The number of carbonyl (C=O) groups is 2. The summed E-state index contributed by atoms with van der Waals surface area (Å²) in [6, 6.07) is 8.63. The summed E-state index contributed by atoms with van der Waals surface area (Å²) in [6.07, 6.45) is -0.0663. The zero-order valence-corrected chi connectivity index (χ0v) is 15.3. The fourth-order valence-electron chi connectivity index (χ4n) is 2.61. The fourth-order valence-corrected chi connectivity index (χ4v) is 2.61. The molecule has 9 heteroatoms. The highest BCUT2D eigenvalue weighted by atomic mass is 19.1. The predicted octanol–water partition coefficient (Wildman–Crippen LogP) is 2.19. The molecular formula is C19H19FN2O6. The molecule has 148 valence electrons. The van der Waals surface area contributed by atoms with Crippen molar-refractivity contribution in [2.45, 2.75) is 18.9 Å². The van der Waals surface area contributed by atoms with Gasteiger partial charge in [-0.15, -0.1) is 0 Å². The van der Waals surface area contributed by atoms with Crippen LogP contribution in [0.25, 0.3) is 0 Å². The summed E-state index contributed by atoms with van der Waals surface area (Å²) in [7, 11) is 2.49. The van der Waals surface area contributed by atoms with Crippen LogP contribution in [0.4, 0.5) is 10.1 Å². The number of esters is 1. The second-order valence-corrected chi connectivity index (χ2v) is 5.91. The minimum absolute atomic E-state index is 0.00728. The zero-order valence-electron chi connectivity index (χ0n) is 15.3. The van der Waals surface area contributed by atoms with Gasteiger partial charge in [0.05, 0.1) is 25.6 Å². The van der Waals surface area contributed by atoms with Crippen LogP contribution in [0.2, 0.25) is 0 Å². The molecule has 0 aliphatic carbocycles. The Morgan fingerprint density at radius 3 is 2.36 bits per heavy atom. The summed E-state index contributed by atoms with van der Waals surface area (Å²) < 4.78 is 22.6. The Balaban J connectivity index is 2.14. The number of rotatable bonds is 8. The Morgan fingerprint density at radius 1 is 1.14 bits per heavy atom. The molecule has 0 aliphatic rings. The third-order valence-electron chi connectivity index (χ3n) is 3.98. The third-order valence-corrected chi connectivity index (χ3v) is 3.98. The summed E-state index contributed by atoms with van der Waals surface area (Å²) >= 11 is 0. The Kier molecular flexibility index (Phi) is 7.02. The number of benzene rings is 2. The number of hydrogen-bond donors (Lipinski definition) is 1. The molecule has 2 aromatic rings. The van der Waals surface area contributed by atoms with Gasteiger partial charge < -0.3 is 14.8 Å². The molecule has 0 fully saturated rings. The van der Waals surface area contributed by atoms with E-state index >= 15 is 0 Å². The summed E-state index contributed by atoms with van der Waals surface area (Å²) in [5.74, 6) is -1.49. The third kappa shape index (κ3) is 5.50. The largest absolute Gasteiger partial charge is 0.490 e. The fraction of sp³-hybridized carbons (Fsp3) is 0.263. The first-order chi connectivity index (χ1) is 13.3. The molecule has 8 nitrogen and oxygen atoms in total. The topological polar surface area (TPSA) is 108 Å². The highest BCUT2D eigenvalue weighted by Crippen LogP contribution is 2.28. The van der Waals surface area contributed by atoms with Gasteiger partial charge in [-0.1, -0.05) is 18.2 Å². The minimum Gasteiger partial charge on any atom is -0.490 e. The molecule has 0 radical (unpaired) electrons. The number of ether oxygens (including phenoxy) is 2. The number of methoxy groups -OCH3 is 2. The maximum atomic E-state index is 13.0. The first-order valence-corrected chi connectivity index (χ1v) is 8.27. The van der Waals surface area contributed by atoms with E-state index in [0.29, 0.717) is 11.1 Å². The van der Waals surface area contributed by atoms with Gasteiger partial charge in [0, 0.05) is 12.5 Å². The molecule has 28 heavy (non-hydrogen) atoms. The maximum Gasteiger partial charge on any atom is 0.328 e. The second-order valence-electron chi connectivity index (χ2n) is 5.91. The quantitative estimate of drug-likeness (QED) is 0.421. The Bertz CT molecular complexity index is 869. The average Bonchev–Trinajstić information content (AvgIpc) is 2.68. The Morgan fingerprint density at radius 2 is 1.79 bits per heavy atom. The van der Waals surface area contributed by atoms with E-state index in [9.17, 15) is 24.1 Å². The summed E-state index contributed by atoms with van der Waals surface area (Å²) in [5.41, 5.74) is 0.772. The lowest BCUT2D eigenvalue weighted by molar-refractivity contribution is -0.385. The van der Waals surface area contributed by atoms with Crippen molar-refractivity contribution in [2.75, 3.05) is 14.2 Å². The second kappa shape index (κ2) is 9.45. The number of nitrogens with one attached hydrogen (secondary N) is 1. The monoisotopic (exact) mass is 390 g/mol.